The fraction of sp³-hybridized carbons (Fsp3) is 0.0625. The number of rotatable bonds is 4. The SMILES string of the molecule is COc1ccc(C(=O)N/N=C/c2ccc(C#N)cc2)cc1. The molecule has 2 rings (SSSR count). The molecule has 0 aliphatic heterocycles. The van der Waals surface area contributed by atoms with Gasteiger partial charge in [0.25, 0.3) is 5.91 Å². The quantitative estimate of drug-likeness (QED) is 0.689. The first kappa shape index (κ1) is 14.3. The zero-order chi connectivity index (χ0) is 15.1. The number of nitriles is 1. The smallest absolute Gasteiger partial charge is 0.271 e. The maximum atomic E-state index is 11.8. The van der Waals surface area contributed by atoms with E-state index in [2.05, 4.69) is 10.5 Å². The summed E-state index contributed by atoms with van der Waals surface area (Å²) in [7, 11) is 1.57. The molecule has 104 valence electrons. The predicted octanol–water partition coefficient (Wildman–Crippen LogP) is 2.33. The zero-order valence-electron chi connectivity index (χ0n) is 11.4. The minimum atomic E-state index is -0.303. The molecular weight excluding hydrogens is 266 g/mol. The molecule has 0 fully saturated rings. The van der Waals surface area contributed by atoms with Crippen LogP contribution >= 0.6 is 0 Å². The Labute approximate surface area is 122 Å². The topological polar surface area (TPSA) is 74.5 Å². The third-order valence-electron chi connectivity index (χ3n) is 2.77. The fourth-order valence-corrected chi connectivity index (χ4v) is 1.62. The molecule has 5 heteroatoms. The molecule has 2 aromatic rings. The molecule has 0 aliphatic rings. The molecule has 0 aliphatic carbocycles. The van der Waals surface area contributed by atoms with E-state index in [0.717, 1.165) is 5.56 Å². The van der Waals surface area contributed by atoms with Gasteiger partial charge < -0.3 is 4.74 Å². The van der Waals surface area contributed by atoms with Crippen LogP contribution in [-0.2, 0) is 0 Å². The lowest BCUT2D eigenvalue weighted by molar-refractivity contribution is 0.0955. The Balaban J connectivity index is 1.96. The molecule has 1 N–H and O–H groups in total. The van der Waals surface area contributed by atoms with Crippen LogP contribution in [0.4, 0.5) is 0 Å². The number of hydrazone groups is 1. The molecule has 0 saturated heterocycles. The first-order chi connectivity index (χ1) is 10.2. The Morgan fingerprint density at radius 2 is 1.86 bits per heavy atom. The van der Waals surface area contributed by atoms with Gasteiger partial charge in [-0.1, -0.05) is 12.1 Å². The molecule has 0 saturated carbocycles. The first-order valence-corrected chi connectivity index (χ1v) is 6.20. The molecule has 0 unspecified atom stereocenters. The number of hydrogen-bond acceptors (Lipinski definition) is 4. The summed E-state index contributed by atoms with van der Waals surface area (Å²) in [6, 6.07) is 15.6. The van der Waals surface area contributed by atoms with E-state index >= 15 is 0 Å². The minimum absolute atomic E-state index is 0.303. The number of amides is 1. The van der Waals surface area contributed by atoms with Crippen LogP contribution in [0.15, 0.2) is 53.6 Å². The Kier molecular flexibility index (Phi) is 4.67. The summed E-state index contributed by atoms with van der Waals surface area (Å²) < 4.78 is 5.02. The van der Waals surface area contributed by atoms with Gasteiger partial charge in [0.1, 0.15) is 5.75 Å². The molecule has 21 heavy (non-hydrogen) atoms. The van der Waals surface area contributed by atoms with Crippen molar-refractivity contribution in [2.45, 2.75) is 0 Å². The van der Waals surface area contributed by atoms with E-state index in [9.17, 15) is 4.79 Å². The monoisotopic (exact) mass is 279 g/mol. The molecular formula is C16H13N3O2. The second-order valence-corrected chi connectivity index (χ2v) is 4.16. The molecule has 0 bridgehead atoms. The third-order valence-corrected chi connectivity index (χ3v) is 2.77. The molecule has 0 aromatic heterocycles. The Morgan fingerprint density at radius 1 is 1.19 bits per heavy atom. The van der Waals surface area contributed by atoms with Crippen molar-refractivity contribution in [1.29, 1.82) is 5.26 Å². The maximum absolute atomic E-state index is 11.8. The fourth-order valence-electron chi connectivity index (χ4n) is 1.62. The van der Waals surface area contributed by atoms with Gasteiger partial charge in [0.2, 0.25) is 0 Å². The number of carbonyl (C=O) groups is 1. The van der Waals surface area contributed by atoms with Crippen LogP contribution < -0.4 is 10.2 Å². The Morgan fingerprint density at radius 3 is 2.43 bits per heavy atom. The second kappa shape index (κ2) is 6.87. The summed E-state index contributed by atoms with van der Waals surface area (Å²) in [5.74, 6) is 0.384. The van der Waals surface area contributed by atoms with Crippen LogP contribution in [0.1, 0.15) is 21.5 Å². The normalized spacial score (nSPS) is 10.1. The number of nitrogens with one attached hydrogen (secondary N) is 1. The lowest BCUT2D eigenvalue weighted by Crippen LogP contribution is -2.17. The lowest BCUT2D eigenvalue weighted by Gasteiger charge is -2.02. The molecule has 2 aromatic carbocycles. The van der Waals surface area contributed by atoms with Gasteiger partial charge in [-0.3, -0.25) is 4.79 Å². The highest BCUT2D eigenvalue weighted by molar-refractivity contribution is 5.95. The van der Waals surface area contributed by atoms with E-state index in [4.69, 9.17) is 10.00 Å². The Hall–Kier alpha value is -3.13. The highest BCUT2D eigenvalue weighted by Gasteiger charge is 2.03. The van der Waals surface area contributed by atoms with Crippen molar-refractivity contribution in [2.24, 2.45) is 5.10 Å². The Bertz CT molecular complexity index is 683. The third kappa shape index (κ3) is 3.91. The van der Waals surface area contributed by atoms with Gasteiger partial charge >= 0.3 is 0 Å². The molecule has 0 spiro atoms. The first-order valence-electron chi connectivity index (χ1n) is 6.20. The van der Waals surface area contributed by atoms with Crippen molar-refractivity contribution in [3.8, 4) is 11.8 Å². The van der Waals surface area contributed by atoms with E-state index in [1.165, 1.54) is 6.21 Å². The molecule has 0 heterocycles. The summed E-state index contributed by atoms with van der Waals surface area (Å²) in [5, 5.41) is 12.6. The van der Waals surface area contributed by atoms with Crippen molar-refractivity contribution in [3.05, 3.63) is 65.2 Å². The van der Waals surface area contributed by atoms with Gasteiger partial charge in [-0.05, 0) is 42.0 Å². The van der Waals surface area contributed by atoms with Gasteiger partial charge in [-0.2, -0.15) is 10.4 Å². The summed E-state index contributed by atoms with van der Waals surface area (Å²) >= 11 is 0. The molecule has 0 radical (unpaired) electrons. The van der Waals surface area contributed by atoms with Crippen LogP contribution in [-0.4, -0.2) is 19.2 Å². The predicted molar refractivity (Wildman–Crippen MR) is 79.2 cm³/mol. The second-order valence-electron chi connectivity index (χ2n) is 4.16. The van der Waals surface area contributed by atoms with Gasteiger partial charge in [0.15, 0.2) is 0 Å². The van der Waals surface area contributed by atoms with Crippen LogP contribution in [0.5, 0.6) is 5.75 Å². The van der Waals surface area contributed by atoms with Crippen LogP contribution in [0.2, 0.25) is 0 Å². The van der Waals surface area contributed by atoms with E-state index in [1.54, 1.807) is 55.6 Å². The number of benzene rings is 2. The van der Waals surface area contributed by atoms with E-state index in [1.807, 2.05) is 6.07 Å². The standard InChI is InChI=1S/C16H13N3O2/c1-21-15-8-6-14(7-9-15)16(20)19-18-11-13-4-2-12(10-17)3-5-13/h2-9,11H,1H3,(H,19,20)/b18-11+. The summed E-state index contributed by atoms with van der Waals surface area (Å²) in [5.41, 5.74) is 4.31. The summed E-state index contributed by atoms with van der Waals surface area (Å²) in [4.78, 5) is 11.8. The van der Waals surface area contributed by atoms with Crippen LogP contribution in [0.25, 0.3) is 0 Å². The zero-order valence-corrected chi connectivity index (χ0v) is 11.4. The van der Waals surface area contributed by atoms with Gasteiger partial charge in [0, 0.05) is 5.56 Å². The van der Waals surface area contributed by atoms with Gasteiger partial charge in [-0.25, -0.2) is 5.43 Å². The average Bonchev–Trinajstić information content (AvgIpc) is 2.55. The number of nitrogens with zero attached hydrogens (tertiary/aromatic N) is 2. The summed E-state index contributed by atoms with van der Waals surface area (Å²) in [6.45, 7) is 0. The van der Waals surface area contributed by atoms with Crippen LogP contribution in [0, 0.1) is 11.3 Å². The highest BCUT2D eigenvalue weighted by atomic mass is 16.5. The van der Waals surface area contributed by atoms with Crippen LogP contribution in [0.3, 0.4) is 0 Å². The van der Waals surface area contributed by atoms with Gasteiger partial charge in [0.05, 0.1) is 25.0 Å². The number of methoxy groups -OCH3 is 1. The number of ether oxygens (including phenoxy) is 1. The van der Waals surface area contributed by atoms with E-state index in [-0.39, 0.29) is 5.91 Å². The van der Waals surface area contributed by atoms with Gasteiger partial charge in [-0.15, -0.1) is 0 Å². The summed E-state index contributed by atoms with van der Waals surface area (Å²) in [6.07, 6.45) is 1.52. The average molecular weight is 279 g/mol. The highest BCUT2D eigenvalue weighted by Crippen LogP contribution is 2.11. The van der Waals surface area contributed by atoms with E-state index < -0.39 is 0 Å². The largest absolute Gasteiger partial charge is 0.497 e. The molecule has 0 atom stereocenters. The van der Waals surface area contributed by atoms with Crippen molar-refractivity contribution in [2.75, 3.05) is 7.11 Å². The molecule has 5 nitrogen and oxygen atoms in total. The minimum Gasteiger partial charge on any atom is -0.497 e. The molecule has 1 amide bonds. The lowest BCUT2D eigenvalue weighted by atomic mass is 10.2. The van der Waals surface area contributed by atoms with Crippen molar-refractivity contribution in [3.63, 3.8) is 0 Å². The van der Waals surface area contributed by atoms with Crippen molar-refractivity contribution < 1.29 is 9.53 Å². The number of carbonyl (C=O) groups excluding carboxylic acids is 1. The van der Waals surface area contributed by atoms with Crippen molar-refractivity contribution >= 4 is 12.1 Å². The van der Waals surface area contributed by atoms with Crippen molar-refractivity contribution in [1.82, 2.24) is 5.43 Å². The maximum Gasteiger partial charge on any atom is 0.271 e. The van der Waals surface area contributed by atoms with E-state index in [0.29, 0.717) is 16.9 Å². The number of hydrogen-bond donors (Lipinski definition) is 1.